The van der Waals surface area contributed by atoms with Crippen molar-refractivity contribution in [3.05, 3.63) is 59.7 Å². The number of rotatable bonds is 4. The second-order valence-corrected chi connectivity index (χ2v) is 8.91. The summed E-state index contributed by atoms with van der Waals surface area (Å²) in [4.78, 5) is 29.7. The molecule has 170 valence electrons. The van der Waals surface area contributed by atoms with Crippen molar-refractivity contribution in [3.63, 3.8) is 0 Å². The molecule has 0 unspecified atom stereocenters. The molecule has 1 aliphatic carbocycles. The molecule has 5 rings (SSSR count). The second kappa shape index (κ2) is 8.78. The molecule has 3 aromatic rings. The molecular weight excluding hydrogens is 416 g/mol. The van der Waals surface area contributed by atoms with Gasteiger partial charge in [0.1, 0.15) is 0 Å². The Kier molecular flexibility index (Phi) is 5.68. The maximum atomic E-state index is 13.4. The van der Waals surface area contributed by atoms with E-state index in [1.807, 2.05) is 36.2 Å². The van der Waals surface area contributed by atoms with E-state index in [2.05, 4.69) is 33.1 Å². The van der Waals surface area contributed by atoms with E-state index in [0.717, 1.165) is 72.4 Å². The summed E-state index contributed by atoms with van der Waals surface area (Å²) in [5.74, 6) is 0.248. The first kappa shape index (κ1) is 21.3. The van der Waals surface area contributed by atoms with Crippen LogP contribution in [0, 0.1) is 0 Å². The average molecular weight is 445 g/mol. The molecule has 1 aliphatic heterocycles. The third-order valence-corrected chi connectivity index (χ3v) is 6.87. The van der Waals surface area contributed by atoms with Crippen molar-refractivity contribution in [2.24, 2.45) is 5.16 Å². The van der Waals surface area contributed by atoms with Crippen LogP contribution in [0.3, 0.4) is 0 Å². The van der Waals surface area contributed by atoms with Gasteiger partial charge in [-0.2, -0.15) is 0 Å². The van der Waals surface area contributed by atoms with Crippen molar-refractivity contribution in [2.45, 2.75) is 31.7 Å². The number of benzene rings is 1. The molecule has 1 fully saturated rings. The van der Waals surface area contributed by atoms with Crippen LogP contribution >= 0.6 is 0 Å². The predicted octanol–water partition coefficient (Wildman–Crippen LogP) is 3.43. The standard InChI is InChI=1S/C25H28N6O2/c1-30-13-9-19(10-14-30)31(2)25(32)24-27-22(16-7-11-26-12-8-16)23(28-24)18-3-5-20-17(15-18)4-6-21(20)29-33/h3,5,7-8,11-12,15,19,33H,4,6,9-10,13-14H2,1-2H3,(H,27,28)/b29-21-. The first-order valence-corrected chi connectivity index (χ1v) is 11.4. The van der Waals surface area contributed by atoms with Crippen LogP contribution in [0.15, 0.2) is 47.9 Å². The Balaban J connectivity index is 1.52. The van der Waals surface area contributed by atoms with Gasteiger partial charge in [0, 0.05) is 42.2 Å². The molecule has 2 aliphatic rings. The number of piperidine rings is 1. The molecular formula is C25H28N6O2. The van der Waals surface area contributed by atoms with Gasteiger partial charge in [-0.15, -0.1) is 0 Å². The summed E-state index contributed by atoms with van der Waals surface area (Å²) in [7, 11) is 3.99. The van der Waals surface area contributed by atoms with Crippen LogP contribution in [0.1, 0.15) is 41.0 Å². The number of nitrogens with one attached hydrogen (secondary N) is 1. The van der Waals surface area contributed by atoms with Gasteiger partial charge in [-0.3, -0.25) is 9.78 Å². The number of amides is 1. The fourth-order valence-electron chi connectivity index (χ4n) is 4.85. The third-order valence-electron chi connectivity index (χ3n) is 6.87. The van der Waals surface area contributed by atoms with Crippen molar-refractivity contribution in [1.82, 2.24) is 24.8 Å². The van der Waals surface area contributed by atoms with Gasteiger partial charge in [-0.1, -0.05) is 17.3 Å². The molecule has 8 heteroatoms. The van der Waals surface area contributed by atoms with Crippen molar-refractivity contribution in [3.8, 4) is 22.5 Å². The smallest absolute Gasteiger partial charge is 0.289 e. The van der Waals surface area contributed by atoms with Crippen molar-refractivity contribution >= 4 is 11.6 Å². The van der Waals surface area contributed by atoms with Gasteiger partial charge >= 0.3 is 0 Å². The molecule has 0 bridgehead atoms. The number of aromatic nitrogens is 3. The molecule has 0 radical (unpaired) electrons. The number of carbonyl (C=O) groups is 1. The number of nitrogens with zero attached hydrogens (tertiary/aromatic N) is 5. The number of fused-ring (bicyclic) bond motifs is 1. The van der Waals surface area contributed by atoms with Crippen LogP contribution < -0.4 is 0 Å². The first-order valence-electron chi connectivity index (χ1n) is 11.4. The number of carbonyl (C=O) groups excluding carboxylic acids is 1. The maximum Gasteiger partial charge on any atom is 0.289 e. The minimum atomic E-state index is -0.0954. The lowest BCUT2D eigenvalue weighted by atomic mass is 10.0. The van der Waals surface area contributed by atoms with Gasteiger partial charge in [0.25, 0.3) is 5.91 Å². The highest BCUT2D eigenvalue weighted by atomic mass is 16.4. The highest BCUT2D eigenvalue weighted by Gasteiger charge is 2.28. The van der Waals surface area contributed by atoms with E-state index in [-0.39, 0.29) is 11.9 Å². The predicted molar refractivity (Wildman–Crippen MR) is 127 cm³/mol. The van der Waals surface area contributed by atoms with Crippen molar-refractivity contribution < 1.29 is 10.0 Å². The lowest BCUT2D eigenvalue weighted by molar-refractivity contribution is 0.0648. The Hall–Kier alpha value is -3.52. The molecule has 2 aromatic heterocycles. The van der Waals surface area contributed by atoms with Crippen LogP contribution in [-0.2, 0) is 6.42 Å². The van der Waals surface area contributed by atoms with Crippen LogP contribution in [0.25, 0.3) is 22.5 Å². The quantitative estimate of drug-likeness (QED) is 0.475. The number of imidazole rings is 1. The molecule has 3 heterocycles. The molecule has 8 nitrogen and oxygen atoms in total. The molecule has 1 amide bonds. The van der Waals surface area contributed by atoms with E-state index < -0.39 is 0 Å². The zero-order chi connectivity index (χ0) is 22.9. The number of likely N-dealkylation sites (tertiary alicyclic amines) is 1. The van der Waals surface area contributed by atoms with E-state index in [1.54, 1.807) is 12.4 Å². The summed E-state index contributed by atoms with van der Waals surface area (Å²) >= 11 is 0. The van der Waals surface area contributed by atoms with Gasteiger partial charge in [0.15, 0.2) is 5.82 Å². The van der Waals surface area contributed by atoms with Crippen LogP contribution in [0.2, 0.25) is 0 Å². The SMILES string of the molecule is CN1CCC(N(C)C(=O)c2nc(-c3ccc4c(c3)CC/C4=N/O)c(-c3ccncc3)[nH]2)CC1. The Morgan fingerprint density at radius 1 is 1.15 bits per heavy atom. The number of oxime groups is 1. The summed E-state index contributed by atoms with van der Waals surface area (Å²) in [6.45, 7) is 1.98. The number of aromatic amines is 1. The highest BCUT2D eigenvalue weighted by molar-refractivity contribution is 6.04. The minimum Gasteiger partial charge on any atom is -0.411 e. The monoisotopic (exact) mass is 444 g/mol. The Labute approximate surface area is 193 Å². The van der Waals surface area contributed by atoms with E-state index in [4.69, 9.17) is 4.98 Å². The summed E-state index contributed by atoms with van der Waals surface area (Å²) in [6, 6.07) is 10.1. The fourth-order valence-corrected chi connectivity index (χ4v) is 4.85. The van der Waals surface area contributed by atoms with Gasteiger partial charge in [-0.25, -0.2) is 4.98 Å². The Bertz CT molecular complexity index is 1190. The zero-order valence-corrected chi connectivity index (χ0v) is 19.0. The molecule has 0 saturated carbocycles. The van der Waals surface area contributed by atoms with Crippen molar-refractivity contribution in [2.75, 3.05) is 27.2 Å². The molecule has 33 heavy (non-hydrogen) atoms. The largest absolute Gasteiger partial charge is 0.411 e. The number of hydrogen-bond acceptors (Lipinski definition) is 6. The van der Waals surface area contributed by atoms with Crippen molar-refractivity contribution in [1.29, 1.82) is 0 Å². The molecule has 0 spiro atoms. The zero-order valence-electron chi connectivity index (χ0n) is 19.0. The minimum absolute atomic E-state index is 0.0954. The molecule has 1 saturated heterocycles. The van der Waals surface area contributed by atoms with Gasteiger partial charge < -0.3 is 20.0 Å². The van der Waals surface area contributed by atoms with E-state index in [0.29, 0.717) is 11.5 Å². The number of H-pyrrole nitrogens is 1. The van der Waals surface area contributed by atoms with Crippen LogP contribution in [0.5, 0.6) is 0 Å². The lowest BCUT2D eigenvalue weighted by Gasteiger charge is -2.34. The Morgan fingerprint density at radius 3 is 2.64 bits per heavy atom. The highest BCUT2D eigenvalue weighted by Crippen LogP contribution is 2.34. The second-order valence-electron chi connectivity index (χ2n) is 8.91. The summed E-state index contributed by atoms with van der Waals surface area (Å²) in [5, 5.41) is 12.7. The lowest BCUT2D eigenvalue weighted by Crippen LogP contribution is -2.44. The van der Waals surface area contributed by atoms with Gasteiger partial charge in [0.05, 0.1) is 17.1 Å². The van der Waals surface area contributed by atoms with Gasteiger partial charge in [0.2, 0.25) is 0 Å². The summed E-state index contributed by atoms with van der Waals surface area (Å²) in [6.07, 6.45) is 6.93. The topological polar surface area (TPSA) is 97.7 Å². The van der Waals surface area contributed by atoms with Gasteiger partial charge in [-0.05, 0) is 69.6 Å². The fraction of sp³-hybridized carbons (Fsp3) is 0.360. The van der Waals surface area contributed by atoms with Crippen LogP contribution in [0.4, 0.5) is 0 Å². The third kappa shape index (κ3) is 4.02. The normalized spacial score (nSPS) is 17.9. The summed E-state index contributed by atoms with van der Waals surface area (Å²) in [5.41, 5.74) is 6.19. The first-order chi connectivity index (χ1) is 16.0. The number of aryl methyl sites for hydroxylation is 1. The maximum absolute atomic E-state index is 13.4. The molecule has 0 atom stereocenters. The number of pyridine rings is 1. The number of hydrogen-bond donors (Lipinski definition) is 2. The van der Waals surface area contributed by atoms with E-state index >= 15 is 0 Å². The van der Waals surface area contributed by atoms with Crippen LogP contribution in [-0.4, -0.2) is 74.8 Å². The summed E-state index contributed by atoms with van der Waals surface area (Å²) < 4.78 is 0. The average Bonchev–Trinajstić information content (AvgIpc) is 3.48. The molecule has 1 aromatic carbocycles. The Morgan fingerprint density at radius 2 is 1.91 bits per heavy atom. The van der Waals surface area contributed by atoms with E-state index in [1.165, 1.54) is 0 Å². The molecule has 2 N–H and O–H groups in total. The van der Waals surface area contributed by atoms with E-state index in [9.17, 15) is 10.0 Å².